The average molecular weight is 229 g/mol. The van der Waals surface area contributed by atoms with Crippen molar-refractivity contribution in [3.8, 4) is 0 Å². The Bertz CT molecular complexity index is 227. The summed E-state index contributed by atoms with van der Waals surface area (Å²) < 4.78 is 23.6. The maximum atomic E-state index is 10.6. The summed E-state index contributed by atoms with van der Waals surface area (Å²) in [7, 11) is 1.45. The predicted molar refractivity (Wildman–Crippen MR) is 55.2 cm³/mol. The molecule has 13 heavy (non-hydrogen) atoms. The van der Waals surface area contributed by atoms with Gasteiger partial charge in [-0.15, -0.1) is 0 Å². The van der Waals surface area contributed by atoms with E-state index in [4.69, 9.17) is 10.7 Å². The zero-order valence-electron chi connectivity index (χ0n) is 8.25. The molecule has 1 unspecified atom stereocenters. The second-order valence-corrected chi connectivity index (χ2v) is 5.27. The first kappa shape index (κ1) is 13.2. The Morgan fingerprint density at radius 2 is 1.85 bits per heavy atom. The molecule has 0 saturated heterocycles. The van der Waals surface area contributed by atoms with Gasteiger partial charge in [0.15, 0.2) is 0 Å². The monoisotopic (exact) mass is 228 g/mol. The molecule has 0 aliphatic rings. The van der Waals surface area contributed by atoms with Crippen molar-refractivity contribution in [2.75, 3.05) is 19.6 Å². The normalized spacial score (nSPS) is 14.8. The predicted octanol–water partition coefficient (Wildman–Crippen LogP) is 0.790. The van der Waals surface area contributed by atoms with Crippen molar-refractivity contribution in [1.82, 2.24) is 9.62 Å². The smallest absolute Gasteiger partial charge is 0.297 e. The molecule has 0 aromatic heterocycles. The second-order valence-electron chi connectivity index (χ2n) is 2.94. The summed E-state index contributed by atoms with van der Waals surface area (Å²) in [6, 6.07) is -0.151. The number of hydrogen-bond acceptors (Lipinski definition) is 3. The second kappa shape index (κ2) is 5.80. The molecule has 0 aromatic rings. The standard InChI is InChI=1S/C7H17ClN2O2S/c1-4-10(5-2)6-7(3)9-13(8,11)12/h7,9H,4-6H2,1-3H3. The summed E-state index contributed by atoms with van der Waals surface area (Å²) >= 11 is 0. The van der Waals surface area contributed by atoms with E-state index in [0.29, 0.717) is 6.54 Å². The number of halogens is 1. The van der Waals surface area contributed by atoms with Crippen molar-refractivity contribution in [2.24, 2.45) is 0 Å². The van der Waals surface area contributed by atoms with E-state index in [1.807, 2.05) is 13.8 Å². The van der Waals surface area contributed by atoms with Gasteiger partial charge in [-0.05, 0) is 20.0 Å². The highest BCUT2D eigenvalue weighted by Crippen LogP contribution is 1.96. The molecule has 80 valence electrons. The Labute approximate surface area is 84.8 Å². The van der Waals surface area contributed by atoms with Crippen LogP contribution in [0.3, 0.4) is 0 Å². The largest absolute Gasteiger partial charge is 0.302 e. The first-order valence-corrected chi connectivity index (χ1v) is 6.64. The van der Waals surface area contributed by atoms with Gasteiger partial charge in [0, 0.05) is 23.3 Å². The third-order valence-corrected chi connectivity index (χ3v) is 2.72. The van der Waals surface area contributed by atoms with Gasteiger partial charge >= 0.3 is 0 Å². The molecule has 0 amide bonds. The lowest BCUT2D eigenvalue weighted by Gasteiger charge is -2.22. The minimum Gasteiger partial charge on any atom is -0.302 e. The lowest BCUT2D eigenvalue weighted by atomic mass is 10.3. The molecule has 4 nitrogen and oxygen atoms in total. The molecule has 0 aliphatic heterocycles. The molecule has 0 radical (unpaired) electrons. The number of nitrogens with one attached hydrogen (secondary N) is 1. The molecule has 0 aliphatic carbocycles. The van der Waals surface area contributed by atoms with Gasteiger partial charge in [-0.25, -0.2) is 0 Å². The van der Waals surface area contributed by atoms with Crippen LogP contribution in [0, 0.1) is 0 Å². The Morgan fingerprint density at radius 1 is 1.38 bits per heavy atom. The van der Waals surface area contributed by atoms with Crippen molar-refractivity contribution < 1.29 is 8.42 Å². The van der Waals surface area contributed by atoms with Crippen LogP contribution in [-0.4, -0.2) is 39.0 Å². The zero-order chi connectivity index (χ0) is 10.5. The van der Waals surface area contributed by atoms with Crippen molar-refractivity contribution in [3.63, 3.8) is 0 Å². The maximum Gasteiger partial charge on any atom is 0.297 e. The van der Waals surface area contributed by atoms with Gasteiger partial charge in [0.25, 0.3) is 9.24 Å². The Hall–Kier alpha value is 0.160. The molecular weight excluding hydrogens is 212 g/mol. The van der Waals surface area contributed by atoms with Gasteiger partial charge in [-0.3, -0.25) is 0 Å². The molecule has 0 aromatic carbocycles. The fourth-order valence-corrected chi connectivity index (χ4v) is 2.16. The van der Waals surface area contributed by atoms with Crippen molar-refractivity contribution in [1.29, 1.82) is 0 Å². The first-order valence-electron chi connectivity index (χ1n) is 4.33. The van der Waals surface area contributed by atoms with Crippen LogP contribution in [0.25, 0.3) is 0 Å². The van der Waals surface area contributed by atoms with Gasteiger partial charge in [0.2, 0.25) is 0 Å². The molecule has 0 rings (SSSR count). The molecule has 0 spiro atoms. The van der Waals surface area contributed by atoms with Crippen LogP contribution in [0.1, 0.15) is 20.8 Å². The summed E-state index contributed by atoms with van der Waals surface area (Å²) in [4.78, 5) is 2.12. The lowest BCUT2D eigenvalue weighted by Crippen LogP contribution is -2.40. The lowest BCUT2D eigenvalue weighted by molar-refractivity contribution is 0.283. The highest BCUT2D eigenvalue weighted by molar-refractivity contribution is 8.12. The van der Waals surface area contributed by atoms with Crippen molar-refractivity contribution >= 4 is 19.9 Å². The van der Waals surface area contributed by atoms with E-state index in [0.717, 1.165) is 13.1 Å². The Balaban J connectivity index is 3.93. The van der Waals surface area contributed by atoms with Crippen LogP contribution < -0.4 is 4.72 Å². The number of rotatable bonds is 6. The molecule has 0 heterocycles. The summed E-state index contributed by atoms with van der Waals surface area (Å²) in [6.45, 7) is 8.35. The quantitative estimate of drug-likeness (QED) is 0.684. The van der Waals surface area contributed by atoms with E-state index >= 15 is 0 Å². The van der Waals surface area contributed by atoms with E-state index < -0.39 is 9.24 Å². The minimum atomic E-state index is -3.59. The average Bonchev–Trinajstić information content (AvgIpc) is 1.96. The number of hydrogen-bond donors (Lipinski definition) is 1. The maximum absolute atomic E-state index is 10.6. The van der Waals surface area contributed by atoms with Gasteiger partial charge in [0.1, 0.15) is 0 Å². The summed E-state index contributed by atoms with van der Waals surface area (Å²) in [6.07, 6.45) is 0. The molecule has 0 bridgehead atoms. The van der Waals surface area contributed by atoms with Crippen LogP contribution in [0.15, 0.2) is 0 Å². The van der Waals surface area contributed by atoms with Crippen LogP contribution in [0.5, 0.6) is 0 Å². The van der Waals surface area contributed by atoms with Gasteiger partial charge in [-0.1, -0.05) is 13.8 Å². The number of nitrogens with zero attached hydrogens (tertiary/aromatic N) is 1. The SMILES string of the molecule is CCN(CC)CC(C)NS(=O)(=O)Cl. The third kappa shape index (κ3) is 7.25. The van der Waals surface area contributed by atoms with Crippen LogP contribution >= 0.6 is 10.7 Å². The highest BCUT2D eigenvalue weighted by atomic mass is 35.7. The summed E-state index contributed by atoms with van der Waals surface area (Å²) in [5, 5.41) is 0. The topological polar surface area (TPSA) is 49.4 Å². The fourth-order valence-electron chi connectivity index (χ4n) is 1.15. The zero-order valence-corrected chi connectivity index (χ0v) is 9.82. The Kier molecular flexibility index (Phi) is 5.87. The van der Waals surface area contributed by atoms with E-state index in [-0.39, 0.29) is 6.04 Å². The minimum absolute atomic E-state index is 0.151. The van der Waals surface area contributed by atoms with Crippen LogP contribution in [-0.2, 0) is 9.24 Å². The Morgan fingerprint density at radius 3 is 2.15 bits per heavy atom. The molecule has 1 N–H and O–H groups in total. The fraction of sp³-hybridized carbons (Fsp3) is 1.00. The highest BCUT2D eigenvalue weighted by Gasteiger charge is 2.12. The number of likely N-dealkylation sites (N-methyl/N-ethyl adjacent to an activating group) is 1. The van der Waals surface area contributed by atoms with E-state index in [9.17, 15) is 8.42 Å². The van der Waals surface area contributed by atoms with E-state index in [1.54, 1.807) is 6.92 Å². The van der Waals surface area contributed by atoms with Crippen molar-refractivity contribution in [2.45, 2.75) is 26.8 Å². The van der Waals surface area contributed by atoms with Crippen molar-refractivity contribution in [3.05, 3.63) is 0 Å². The molecule has 6 heteroatoms. The molecular formula is C7H17ClN2O2S. The summed E-state index contributed by atoms with van der Waals surface area (Å²) in [5.41, 5.74) is 0. The van der Waals surface area contributed by atoms with E-state index in [2.05, 4.69) is 9.62 Å². The van der Waals surface area contributed by atoms with Crippen LogP contribution in [0.4, 0.5) is 0 Å². The van der Waals surface area contributed by atoms with Crippen LogP contribution in [0.2, 0.25) is 0 Å². The third-order valence-electron chi connectivity index (χ3n) is 1.77. The first-order chi connectivity index (χ1) is 5.89. The van der Waals surface area contributed by atoms with Gasteiger partial charge in [-0.2, -0.15) is 13.1 Å². The van der Waals surface area contributed by atoms with Gasteiger partial charge in [0.05, 0.1) is 0 Å². The summed E-state index contributed by atoms with van der Waals surface area (Å²) in [5.74, 6) is 0. The molecule has 1 atom stereocenters. The van der Waals surface area contributed by atoms with Gasteiger partial charge < -0.3 is 4.90 Å². The molecule has 0 saturated carbocycles. The molecule has 0 fully saturated rings. The van der Waals surface area contributed by atoms with E-state index in [1.165, 1.54) is 0 Å².